The summed E-state index contributed by atoms with van der Waals surface area (Å²) in [5, 5.41) is 7.97. The summed E-state index contributed by atoms with van der Waals surface area (Å²) in [5.74, 6) is 0.777. The van der Waals surface area contributed by atoms with Crippen molar-refractivity contribution in [3.8, 4) is 0 Å². The van der Waals surface area contributed by atoms with E-state index in [9.17, 15) is 4.79 Å². The molecule has 21 heavy (non-hydrogen) atoms. The molecule has 2 aromatic heterocycles. The quantitative estimate of drug-likeness (QED) is 0.691. The van der Waals surface area contributed by atoms with Crippen LogP contribution in [0.1, 0.15) is 27.6 Å². The minimum atomic E-state index is 0.0175. The highest BCUT2D eigenvalue weighted by molar-refractivity contribution is 5.98. The molecule has 0 radical (unpaired) electrons. The first-order valence-electron chi connectivity index (χ1n) is 6.80. The Morgan fingerprint density at radius 3 is 2.71 bits per heavy atom. The van der Waals surface area contributed by atoms with Crippen LogP contribution in [0.25, 0.3) is 11.0 Å². The van der Waals surface area contributed by atoms with Crippen LogP contribution in [0.2, 0.25) is 0 Å². The molecule has 3 rings (SSSR count). The molecule has 3 aromatic rings. The van der Waals surface area contributed by atoms with E-state index >= 15 is 0 Å². The fourth-order valence-corrected chi connectivity index (χ4v) is 2.42. The number of carbonyl (C=O) groups excluding carboxylic acids is 1. The number of aryl methyl sites for hydroxylation is 3. The van der Waals surface area contributed by atoms with E-state index in [1.807, 2.05) is 42.8 Å². The molecule has 0 aliphatic carbocycles. The summed E-state index contributed by atoms with van der Waals surface area (Å²) in [5.41, 5.74) is 3.96. The van der Waals surface area contributed by atoms with Crippen LogP contribution in [0.15, 0.2) is 30.3 Å². The highest BCUT2D eigenvalue weighted by Crippen LogP contribution is 2.16. The number of rotatable bonds is 3. The highest BCUT2D eigenvalue weighted by Gasteiger charge is 2.16. The van der Waals surface area contributed by atoms with Crippen LogP contribution in [0.5, 0.6) is 0 Å². The Kier molecular flexibility index (Phi) is 3.25. The van der Waals surface area contributed by atoms with Gasteiger partial charge in [0, 0.05) is 12.6 Å². The van der Waals surface area contributed by atoms with Gasteiger partial charge >= 0.3 is 0 Å². The fourth-order valence-electron chi connectivity index (χ4n) is 2.42. The Morgan fingerprint density at radius 1 is 1.19 bits per heavy atom. The van der Waals surface area contributed by atoms with Gasteiger partial charge in [0.05, 0.1) is 28.8 Å². The Labute approximate surface area is 122 Å². The molecule has 0 spiro atoms. The molecule has 0 amide bonds. The minimum Gasteiger partial charge on any atom is -0.331 e. The van der Waals surface area contributed by atoms with E-state index in [4.69, 9.17) is 0 Å². The minimum absolute atomic E-state index is 0.0175. The monoisotopic (exact) mass is 280 g/mol. The van der Waals surface area contributed by atoms with Gasteiger partial charge < -0.3 is 4.57 Å². The smallest absolute Gasteiger partial charge is 0.172 e. The molecule has 0 bridgehead atoms. The first-order chi connectivity index (χ1) is 10.1. The molecule has 0 aliphatic rings. The molecular formula is C16H16N4O. The van der Waals surface area contributed by atoms with E-state index in [-0.39, 0.29) is 12.2 Å². The first kappa shape index (κ1) is 13.4. The Morgan fingerprint density at radius 2 is 1.95 bits per heavy atom. The number of hydrogen-bond acceptors (Lipinski definition) is 4. The predicted molar refractivity (Wildman–Crippen MR) is 80.3 cm³/mol. The number of fused-ring (bicyclic) bond motifs is 1. The molecule has 2 heterocycles. The van der Waals surface area contributed by atoms with Crippen molar-refractivity contribution in [2.75, 3.05) is 0 Å². The van der Waals surface area contributed by atoms with E-state index in [2.05, 4.69) is 15.2 Å². The van der Waals surface area contributed by atoms with Crippen LogP contribution in [-0.2, 0) is 13.5 Å². The number of nitrogens with zero attached hydrogens (tertiary/aromatic N) is 4. The van der Waals surface area contributed by atoms with Gasteiger partial charge in [0.25, 0.3) is 0 Å². The average molecular weight is 280 g/mol. The molecule has 0 N–H and O–H groups in total. The van der Waals surface area contributed by atoms with Crippen LogP contribution in [-0.4, -0.2) is 25.5 Å². The maximum absolute atomic E-state index is 12.5. The van der Waals surface area contributed by atoms with Crippen LogP contribution < -0.4 is 0 Å². The van der Waals surface area contributed by atoms with Gasteiger partial charge in [-0.1, -0.05) is 12.1 Å². The third-order valence-corrected chi connectivity index (χ3v) is 3.60. The predicted octanol–water partition coefficient (Wildman–Crippen LogP) is 2.41. The number of aromatic nitrogens is 4. The number of benzene rings is 1. The van der Waals surface area contributed by atoms with E-state index in [0.29, 0.717) is 11.3 Å². The van der Waals surface area contributed by atoms with Crippen molar-refractivity contribution in [2.45, 2.75) is 20.3 Å². The third-order valence-electron chi connectivity index (χ3n) is 3.60. The van der Waals surface area contributed by atoms with Gasteiger partial charge in [0.1, 0.15) is 5.82 Å². The molecule has 0 aliphatic heterocycles. The van der Waals surface area contributed by atoms with Gasteiger partial charge in [-0.3, -0.25) is 4.79 Å². The van der Waals surface area contributed by atoms with Crippen LogP contribution in [0, 0.1) is 13.8 Å². The van der Waals surface area contributed by atoms with Gasteiger partial charge in [-0.05, 0) is 32.0 Å². The van der Waals surface area contributed by atoms with E-state index in [0.717, 1.165) is 22.6 Å². The zero-order chi connectivity index (χ0) is 15.0. The molecule has 0 fully saturated rings. The number of carbonyl (C=O) groups is 1. The molecule has 0 saturated carbocycles. The zero-order valence-electron chi connectivity index (χ0n) is 12.3. The molecule has 0 saturated heterocycles. The van der Waals surface area contributed by atoms with Crippen molar-refractivity contribution < 1.29 is 4.79 Å². The van der Waals surface area contributed by atoms with Crippen molar-refractivity contribution in [3.05, 3.63) is 53.1 Å². The number of para-hydroxylation sites is 2. The summed E-state index contributed by atoms with van der Waals surface area (Å²) >= 11 is 0. The summed E-state index contributed by atoms with van der Waals surface area (Å²) in [4.78, 5) is 17.0. The summed E-state index contributed by atoms with van der Waals surface area (Å²) in [6, 6.07) is 9.65. The number of hydrogen-bond donors (Lipinski definition) is 0. The second kappa shape index (κ2) is 5.09. The van der Waals surface area contributed by atoms with Crippen LogP contribution in [0.4, 0.5) is 0 Å². The summed E-state index contributed by atoms with van der Waals surface area (Å²) in [6.07, 6.45) is 0.261. The Bertz CT molecular complexity index is 835. The maximum atomic E-state index is 12.5. The van der Waals surface area contributed by atoms with Crippen molar-refractivity contribution in [2.24, 2.45) is 7.05 Å². The van der Waals surface area contributed by atoms with E-state index < -0.39 is 0 Å². The lowest BCUT2D eigenvalue weighted by molar-refractivity contribution is 0.0989. The second-order valence-corrected chi connectivity index (χ2v) is 5.16. The van der Waals surface area contributed by atoms with Crippen LogP contribution >= 0.6 is 0 Å². The van der Waals surface area contributed by atoms with Crippen molar-refractivity contribution in [1.82, 2.24) is 19.7 Å². The first-order valence-corrected chi connectivity index (χ1v) is 6.80. The zero-order valence-corrected chi connectivity index (χ0v) is 12.3. The molecule has 106 valence electrons. The van der Waals surface area contributed by atoms with E-state index in [1.165, 1.54) is 0 Å². The molecule has 5 nitrogen and oxygen atoms in total. The summed E-state index contributed by atoms with van der Waals surface area (Å²) in [6.45, 7) is 3.63. The van der Waals surface area contributed by atoms with Crippen molar-refractivity contribution in [1.29, 1.82) is 0 Å². The molecule has 0 unspecified atom stereocenters. The summed E-state index contributed by atoms with van der Waals surface area (Å²) < 4.78 is 1.96. The van der Waals surface area contributed by atoms with Crippen LogP contribution in [0.3, 0.4) is 0 Å². The fraction of sp³-hybridized carbons (Fsp3) is 0.250. The van der Waals surface area contributed by atoms with Gasteiger partial charge in [-0.2, -0.15) is 10.2 Å². The second-order valence-electron chi connectivity index (χ2n) is 5.16. The lowest BCUT2D eigenvalue weighted by Gasteiger charge is -2.05. The number of ketones is 1. The van der Waals surface area contributed by atoms with Crippen molar-refractivity contribution >= 4 is 16.8 Å². The Balaban J connectivity index is 1.96. The van der Waals surface area contributed by atoms with E-state index in [1.54, 1.807) is 13.0 Å². The number of Topliss-reactive ketones (excluding diaryl/α,β-unsaturated/α-hetero) is 1. The average Bonchev–Trinajstić information content (AvgIpc) is 2.78. The lowest BCUT2D eigenvalue weighted by atomic mass is 10.1. The standard InChI is InChI=1S/C16H16N4O/c1-10-8-12(11(2)19-18-10)15(21)9-16-17-13-6-4-5-7-14(13)20(16)3/h4-8H,9H2,1-3H3. The van der Waals surface area contributed by atoms with Crippen molar-refractivity contribution in [3.63, 3.8) is 0 Å². The summed E-state index contributed by atoms with van der Waals surface area (Å²) in [7, 11) is 1.93. The maximum Gasteiger partial charge on any atom is 0.172 e. The lowest BCUT2D eigenvalue weighted by Crippen LogP contribution is -2.11. The largest absolute Gasteiger partial charge is 0.331 e. The molecular weight excluding hydrogens is 264 g/mol. The molecule has 0 atom stereocenters. The third kappa shape index (κ3) is 2.42. The SMILES string of the molecule is Cc1cc(C(=O)Cc2nc3ccccc3n2C)c(C)nn1. The molecule has 1 aromatic carbocycles. The number of imidazole rings is 1. The van der Waals surface area contributed by atoms with Gasteiger partial charge in [0.2, 0.25) is 0 Å². The van der Waals surface area contributed by atoms with Gasteiger partial charge in [-0.25, -0.2) is 4.98 Å². The normalized spacial score (nSPS) is 11.0. The van der Waals surface area contributed by atoms with Gasteiger partial charge in [0.15, 0.2) is 5.78 Å². The van der Waals surface area contributed by atoms with Gasteiger partial charge in [-0.15, -0.1) is 0 Å². The topological polar surface area (TPSA) is 60.7 Å². The Hall–Kier alpha value is -2.56. The highest BCUT2D eigenvalue weighted by atomic mass is 16.1. The molecule has 5 heteroatoms.